The number of nitrogens with zero attached hydrogens (tertiary/aromatic N) is 2. The summed E-state index contributed by atoms with van der Waals surface area (Å²) in [7, 11) is 0. The lowest BCUT2D eigenvalue weighted by Crippen LogP contribution is -2.15. The number of nitrogens with two attached hydrogens (primary N) is 1. The first-order valence-electron chi connectivity index (χ1n) is 10.2. The Morgan fingerprint density at radius 3 is 2.59 bits per heavy atom. The fourth-order valence-corrected chi connectivity index (χ4v) is 3.78. The molecule has 2 aromatic carbocycles. The number of carboxylic acid groups (broad SMARTS) is 1. The Labute approximate surface area is 191 Å². The summed E-state index contributed by atoms with van der Waals surface area (Å²) in [6.45, 7) is -0.339. The zero-order chi connectivity index (χ0) is 24.5. The SMILES string of the molecule is NCc1nccc(-c2cc(COc3ccccc3CC(=O)O)cc3c2ccn3C(F)(F)F)c1F. The van der Waals surface area contributed by atoms with Crippen LogP contribution >= 0.6 is 0 Å². The number of hydrogen-bond donors (Lipinski definition) is 2. The van der Waals surface area contributed by atoms with Gasteiger partial charge < -0.3 is 15.6 Å². The van der Waals surface area contributed by atoms with Gasteiger partial charge >= 0.3 is 12.3 Å². The molecule has 0 bridgehead atoms. The maximum absolute atomic E-state index is 15.0. The number of carboxylic acids is 1. The smallest absolute Gasteiger partial charge is 0.488 e. The van der Waals surface area contributed by atoms with Crippen LogP contribution in [0.5, 0.6) is 5.75 Å². The van der Waals surface area contributed by atoms with Crippen LogP contribution in [0.15, 0.2) is 60.9 Å². The van der Waals surface area contributed by atoms with Gasteiger partial charge in [0, 0.05) is 35.5 Å². The average Bonchev–Trinajstić information content (AvgIpc) is 3.22. The van der Waals surface area contributed by atoms with Gasteiger partial charge in [-0.05, 0) is 41.5 Å². The third-order valence-corrected chi connectivity index (χ3v) is 5.29. The fourth-order valence-electron chi connectivity index (χ4n) is 3.78. The van der Waals surface area contributed by atoms with Crippen molar-refractivity contribution in [2.45, 2.75) is 25.9 Å². The van der Waals surface area contributed by atoms with Gasteiger partial charge in [-0.2, -0.15) is 0 Å². The van der Waals surface area contributed by atoms with Gasteiger partial charge in [0.2, 0.25) is 0 Å². The minimum atomic E-state index is -4.69. The molecule has 176 valence electrons. The molecule has 4 aromatic rings. The predicted molar refractivity (Wildman–Crippen MR) is 116 cm³/mol. The van der Waals surface area contributed by atoms with Gasteiger partial charge in [-0.1, -0.05) is 18.2 Å². The van der Waals surface area contributed by atoms with E-state index in [9.17, 15) is 18.0 Å². The highest BCUT2D eigenvalue weighted by molar-refractivity contribution is 5.96. The van der Waals surface area contributed by atoms with Gasteiger partial charge in [0.15, 0.2) is 5.82 Å². The van der Waals surface area contributed by atoms with Crippen molar-refractivity contribution in [3.8, 4) is 16.9 Å². The van der Waals surface area contributed by atoms with Crippen LogP contribution < -0.4 is 10.5 Å². The lowest BCUT2D eigenvalue weighted by molar-refractivity contribution is -0.200. The summed E-state index contributed by atoms with van der Waals surface area (Å²) < 4.78 is 61.8. The van der Waals surface area contributed by atoms with Crippen LogP contribution in [-0.2, 0) is 30.7 Å². The van der Waals surface area contributed by atoms with Gasteiger partial charge in [-0.3, -0.25) is 14.3 Å². The molecule has 0 atom stereocenters. The van der Waals surface area contributed by atoms with Crippen molar-refractivity contribution in [1.82, 2.24) is 9.55 Å². The van der Waals surface area contributed by atoms with E-state index in [0.29, 0.717) is 16.9 Å². The van der Waals surface area contributed by atoms with E-state index in [0.717, 1.165) is 6.20 Å². The molecular weight excluding hydrogens is 454 g/mol. The standard InChI is InChI=1S/C24H19F4N3O3/c25-23-17(5-7-30-19(23)12-29)18-9-14(10-20-16(18)6-8-31(20)24(26,27)28)13-34-21-4-2-1-3-15(21)11-22(32)33/h1-10H,11-13,29H2,(H,32,33). The molecule has 0 aliphatic rings. The van der Waals surface area contributed by atoms with E-state index >= 15 is 4.39 Å². The molecule has 0 fully saturated rings. The summed E-state index contributed by atoms with van der Waals surface area (Å²) in [6, 6.07) is 12.0. The normalized spacial score (nSPS) is 11.7. The molecule has 4 rings (SSSR count). The number of halogens is 4. The van der Waals surface area contributed by atoms with Crippen molar-refractivity contribution in [1.29, 1.82) is 0 Å². The van der Waals surface area contributed by atoms with Gasteiger partial charge in [-0.15, -0.1) is 13.2 Å². The molecule has 0 unspecified atom stereocenters. The minimum absolute atomic E-state index is 0.00912. The van der Waals surface area contributed by atoms with Crippen LogP contribution in [0.3, 0.4) is 0 Å². The number of alkyl halides is 3. The van der Waals surface area contributed by atoms with Crippen LogP contribution in [0, 0.1) is 5.82 Å². The van der Waals surface area contributed by atoms with E-state index < -0.39 is 18.1 Å². The van der Waals surface area contributed by atoms with E-state index in [2.05, 4.69) is 4.98 Å². The summed E-state index contributed by atoms with van der Waals surface area (Å²) in [4.78, 5) is 15.0. The second-order valence-electron chi connectivity index (χ2n) is 7.52. The van der Waals surface area contributed by atoms with Crippen LogP contribution in [0.1, 0.15) is 16.8 Å². The molecule has 0 radical (unpaired) electrons. The number of hydrogen-bond acceptors (Lipinski definition) is 4. The van der Waals surface area contributed by atoms with Crippen molar-refractivity contribution >= 4 is 16.9 Å². The van der Waals surface area contributed by atoms with Crippen LogP contribution in [-0.4, -0.2) is 20.6 Å². The summed E-state index contributed by atoms with van der Waals surface area (Å²) in [6.07, 6.45) is -2.74. The van der Waals surface area contributed by atoms with Crippen molar-refractivity contribution in [3.05, 3.63) is 83.6 Å². The monoisotopic (exact) mass is 473 g/mol. The number of carbonyl (C=O) groups is 1. The van der Waals surface area contributed by atoms with Crippen LogP contribution in [0.4, 0.5) is 17.6 Å². The molecule has 3 N–H and O–H groups in total. The number of para-hydroxylation sites is 1. The first-order chi connectivity index (χ1) is 16.2. The third kappa shape index (κ3) is 4.58. The summed E-state index contributed by atoms with van der Waals surface area (Å²) in [5.74, 6) is -1.47. The molecule has 0 amide bonds. The number of ether oxygens (including phenoxy) is 1. The van der Waals surface area contributed by atoms with Crippen LogP contribution in [0.2, 0.25) is 0 Å². The molecule has 6 nitrogen and oxygen atoms in total. The van der Waals surface area contributed by atoms with Gasteiger partial charge in [0.05, 0.1) is 17.6 Å². The predicted octanol–water partition coefficient (Wildman–Crippen LogP) is 4.98. The molecule has 0 saturated carbocycles. The second kappa shape index (κ2) is 9.14. The number of aromatic nitrogens is 2. The highest BCUT2D eigenvalue weighted by Crippen LogP contribution is 2.37. The summed E-state index contributed by atoms with van der Waals surface area (Å²) >= 11 is 0. The lowest BCUT2D eigenvalue weighted by atomic mass is 9.98. The average molecular weight is 473 g/mol. The Kier molecular flexibility index (Phi) is 6.25. The first-order valence-corrected chi connectivity index (χ1v) is 10.2. The van der Waals surface area contributed by atoms with Crippen molar-refractivity contribution in [3.63, 3.8) is 0 Å². The highest BCUT2D eigenvalue weighted by atomic mass is 19.4. The quantitative estimate of drug-likeness (QED) is 0.370. The fraction of sp³-hybridized carbons (Fsp3) is 0.167. The zero-order valence-corrected chi connectivity index (χ0v) is 17.6. The molecule has 0 saturated heterocycles. The van der Waals surface area contributed by atoms with Crippen molar-refractivity contribution in [2.24, 2.45) is 5.73 Å². The van der Waals surface area contributed by atoms with Gasteiger partial charge in [0.25, 0.3) is 0 Å². The van der Waals surface area contributed by atoms with E-state index in [4.69, 9.17) is 15.6 Å². The molecule has 0 aliphatic heterocycles. The number of pyridine rings is 1. The maximum Gasteiger partial charge on any atom is 0.488 e. The number of aliphatic carboxylic acids is 1. The Bertz CT molecular complexity index is 1370. The molecule has 0 spiro atoms. The summed E-state index contributed by atoms with van der Waals surface area (Å²) in [5.41, 5.74) is 6.41. The molecule has 2 heterocycles. The lowest BCUT2D eigenvalue weighted by Gasteiger charge is -2.15. The van der Waals surface area contributed by atoms with E-state index in [1.54, 1.807) is 30.3 Å². The van der Waals surface area contributed by atoms with E-state index in [1.165, 1.54) is 24.4 Å². The molecule has 0 aliphatic carbocycles. The highest BCUT2D eigenvalue weighted by Gasteiger charge is 2.32. The number of rotatable bonds is 7. The minimum Gasteiger partial charge on any atom is -0.489 e. The second-order valence-corrected chi connectivity index (χ2v) is 7.52. The Balaban J connectivity index is 1.82. The summed E-state index contributed by atoms with van der Waals surface area (Å²) in [5, 5.41) is 9.29. The topological polar surface area (TPSA) is 90.4 Å². The number of benzene rings is 2. The molecule has 2 aromatic heterocycles. The maximum atomic E-state index is 15.0. The Morgan fingerprint density at radius 1 is 1.12 bits per heavy atom. The van der Waals surface area contributed by atoms with Crippen LogP contribution in [0.25, 0.3) is 22.0 Å². The Hall–Kier alpha value is -3.92. The zero-order valence-electron chi connectivity index (χ0n) is 17.6. The molecule has 10 heteroatoms. The molecular formula is C24H19F4N3O3. The first kappa shape index (κ1) is 23.2. The van der Waals surface area contributed by atoms with Gasteiger partial charge in [0.1, 0.15) is 12.4 Å². The largest absolute Gasteiger partial charge is 0.489 e. The molecule has 34 heavy (non-hydrogen) atoms. The van der Waals surface area contributed by atoms with E-state index in [-0.39, 0.29) is 51.9 Å². The van der Waals surface area contributed by atoms with E-state index in [1.807, 2.05) is 0 Å². The van der Waals surface area contributed by atoms with Gasteiger partial charge in [-0.25, -0.2) is 4.39 Å². The number of fused-ring (bicyclic) bond motifs is 1. The Morgan fingerprint density at radius 2 is 1.88 bits per heavy atom. The van der Waals surface area contributed by atoms with Crippen molar-refractivity contribution < 1.29 is 32.2 Å². The third-order valence-electron chi connectivity index (χ3n) is 5.29. The van der Waals surface area contributed by atoms with Crippen molar-refractivity contribution in [2.75, 3.05) is 0 Å².